The third-order valence-electron chi connectivity index (χ3n) is 4.52. The van der Waals surface area contributed by atoms with Crippen LogP contribution in [-0.2, 0) is 0 Å². The van der Waals surface area contributed by atoms with Crippen LogP contribution >= 0.6 is 0 Å². The van der Waals surface area contributed by atoms with Crippen molar-refractivity contribution in [1.82, 2.24) is 0 Å². The molecule has 0 aromatic rings. The number of hydrogen-bond donors (Lipinski definition) is 1. The average molecular weight is 261 g/mol. The molecule has 0 radical (unpaired) electrons. The first-order valence-corrected chi connectivity index (χ1v) is 7.62. The van der Waals surface area contributed by atoms with Crippen LogP contribution in [-0.4, -0.2) is 12.0 Å². The summed E-state index contributed by atoms with van der Waals surface area (Å²) in [6, 6.07) is 0.128. The summed E-state index contributed by atoms with van der Waals surface area (Å²) in [5.41, 5.74) is 6.24. The smallest absolute Gasteiger partial charge is 0.248 e. The van der Waals surface area contributed by atoms with Crippen molar-refractivity contribution in [2.45, 2.75) is 83.6 Å². The molecule has 2 atom stereocenters. The fourth-order valence-electron chi connectivity index (χ4n) is 3.05. The summed E-state index contributed by atoms with van der Waals surface area (Å²) in [5.74, 6) is -1.43. The second-order valence-electron chi connectivity index (χ2n) is 6.01. The van der Waals surface area contributed by atoms with E-state index in [2.05, 4.69) is 13.8 Å². The Balaban J connectivity index is 2.33. The molecule has 0 amide bonds. The summed E-state index contributed by atoms with van der Waals surface area (Å²) in [7, 11) is 0. The van der Waals surface area contributed by atoms with Gasteiger partial charge in [-0.05, 0) is 31.1 Å². The maximum Gasteiger partial charge on any atom is 0.248 e. The molecule has 0 bridgehead atoms. The van der Waals surface area contributed by atoms with Gasteiger partial charge >= 0.3 is 0 Å². The molecule has 0 aromatic heterocycles. The zero-order valence-corrected chi connectivity index (χ0v) is 11.9. The predicted octanol–water partition coefficient (Wildman–Crippen LogP) is 4.75. The third kappa shape index (κ3) is 5.21. The molecule has 0 aliphatic heterocycles. The van der Waals surface area contributed by atoms with E-state index in [-0.39, 0.29) is 18.9 Å². The molecule has 0 aromatic carbocycles. The van der Waals surface area contributed by atoms with Gasteiger partial charge in [0.1, 0.15) is 0 Å². The molecule has 1 rings (SSSR count). The normalized spacial score (nSPS) is 23.8. The molecule has 2 unspecified atom stereocenters. The fourth-order valence-corrected chi connectivity index (χ4v) is 3.05. The molecule has 0 heterocycles. The van der Waals surface area contributed by atoms with E-state index in [9.17, 15) is 8.78 Å². The second kappa shape index (κ2) is 7.42. The van der Waals surface area contributed by atoms with Crippen molar-refractivity contribution >= 4 is 0 Å². The average Bonchev–Trinajstić information content (AvgIpc) is 2.34. The molecule has 108 valence electrons. The Morgan fingerprint density at radius 2 is 1.83 bits per heavy atom. The summed E-state index contributed by atoms with van der Waals surface area (Å²) in [6.07, 6.45) is 7.20. The van der Waals surface area contributed by atoms with E-state index in [1.54, 1.807) is 0 Å². The highest BCUT2D eigenvalue weighted by atomic mass is 19.3. The molecule has 3 heteroatoms. The van der Waals surface area contributed by atoms with Crippen LogP contribution < -0.4 is 5.73 Å². The first-order valence-electron chi connectivity index (χ1n) is 7.62. The SMILES string of the molecule is CCCCC(CC)CC(N)C1CCC(F)(F)CC1. The number of nitrogens with two attached hydrogens (primary N) is 1. The number of hydrogen-bond acceptors (Lipinski definition) is 1. The minimum Gasteiger partial charge on any atom is -0.327 e. The standard InChI is InChI=1S/C15H29F2N/c1-3-5-6-12(4-2)11-14(18)13-7-9-15(16,17)10-8-13/h12-14H,3-11,18H2,1-2H3. The van der Waals surface area contributed by atoms with Crippen molar-refractivity contribution in [3.05, 3.63) is 0 Å². The van der Waals surface area contributed by atoms with Gasteiger partial charge in [0.15, 0.2) is 0 Å². The van der Waals surface area contributed by atoms with Crippen LogP contribution in [0.4, 0.5) is 8.78 Å². The van der Waals surface area contributed by atoms with Crippen LogP contribution in [0.5, 0.6) is 0 Å². The number of rotatable bonds is 7. The van der Waals surface area contributed by atoms with E-state index >= 15 is 0 Å². The lowest BCUT2D eigenvalue weighted by atomic mass is 9.78. The van der Waals surface area contributed by atoms with Gasteiger partial charge < -0.3 is 5.73 Å². The Kier molecular flexibility index (Phi) is 6.54. The summed E-state index contributed by atoms with van der Waals surface area (Å²) < 4.78 is 26.2. The second-order valence-corrected chi connectivity index (χ2v) is 6.01. The fraction of sp³-hybridized carbons (Fsp3) is 1.00. The zero-order valence-electron chi connectivity index (χ0n) is 11.9. The van der Waals surface area contributed by atoms with Gasteiger partial charge in [-0.1, -0.05) is 39.5 Å². The Morgan fingerprint density at radius 3 is 2.33 bits per heavy atom. The Hall–Kier alpha value is -0.180. The first kappa shape index (κ1) is 15.9. The van der Waals surface area contributed by atoms with Gasteiger partial charge in [0, 0.05) is 18.9 Å². The monoisotopic (exact) mass is 261 g/mol. The molecular weight excluding hydrogens is 232 g/mol. The van der Waals surface area contributed by atoms with E-state index in [0.29, 0.717) is 24.7 Å². The Bertz CT molecular complexity index is 221. The topological polar surface area (TPSA) is 26.0 Å². The van der Waals surface area contributed by atoms with Gasteiger partial charge in [0.25, 0.3) is 0 Å². The van der Waals surface area contributed by atoms with E-state index < -0.39 is 5.92 Å². The van der Waals surface area contributed by atoms with Crippen LogP contribution in [0.2, 0.25) is 0 Å². The highest BCUT2D eigenvalue weighted by molar-refractivity contribution is 4.84. The van der Waals surface area contributed by atoms with Gasteiger partial charge in [0.05, 0.1) is 0 Å². The molecule has 18 heavy (non-hydrogen) atoms. The van der Waals surface area contributed by atoms with Crippen molar-refractivity contribution in [3.8, 4) is 0 Å². The molecule has 1 nitrogen and oxygen atoms in total. The molecule has 1 saturated carbocycles. The lowest BCUT2D eigenvalue weighted by molar-refractivity contribution is -0.0489. The maximum absolute atomic E-state index is 13.1. The van der Waals surface area contributed by atoms with Gasteiger partial charge in [-0.3, -0.25) is 0 Å². The van der Waals surface area contributed by atoms with E-state index in [1.807, 2.05) is 0 Å². The maximum atomic E-state index is 13.1. The van der Waals surface area contributed by atoms with E-state index in [1.165, 1.54) is 19.3 Å². The largest absolute Gasteiger partial charge is 0.327 e. The van der Waals surface area contributed by atoms with Crippen LogP contribution in [0, 0.1) is 11.8 Å². The van der Waals surface area contributed by atoms with Crippen molar-refractivity contribution in [2.75, 3.05) is 0 Å². The molecular formula is C15H29F2N. The van der Waals surface area contributed by atoms with E-state index in [4.69, 9.17) is 5.73 Å². The Labute approximate surface area is 111 Å². The van der Waals surface area contributed by atoms with Crippen LogP contribution in [0.25, 0.3) is 0 Å². The zero-order chi connectivity index (χ0) is 13.6. The summed E-state index contributed by atoms with van der Waals surface area (Å²) in [4.78, 5) is 0. The van der Waals surface area contributed by atoms with Crippen molar-refractivity contribution in [1.29, 1.82) is 0 Å². The lowest BCUT2D eigenvalue weighted by Gasteiger charge is -2.33. The highest BCUT2D eigenvalue weighted by Gasteiger charge is 2.36. The number of unbranched alkanes of at least 4 members (excludes halogenated alkanes) is 1. The molecule has 0 saturated heterocycles. The lowest BCUT2D eigenvalue weighted by Crippen LogP contribution is -2.37. The van der Waals surface area contributed by atoms with Gasteiger partial charge in [-0.25, -0.2) is 8.78 Å². The number of alkyl halides is 2. The summed E-state index contributed by atoms with van der Waals surface area (Å²) in [5, 5.41) is 0. The van der Waals surface area contributed by atoms with Crippen molar-refractivity contribution in [2.24, 2.45) is 17.6 Å². The Morgan fingerprint density at radius 1 is 1.22 bits per heavy atom. The number of halogens is 2. The third-order valence-corrected chi connectivity index (χ3v) is 4.52. The minimum absolute atomic E-state index is 0.0388. The van der Waals surface area contributed by atoms with Crippen LogP contribution in [0.15, 0.2) is 0 Å². The van der Waals surface area contributed by atoms with Gasteiger partial charge in [-0.2, -0.15) is 0 Å². The van der Waals surface area contributed by atoms with Gasteiger partial charge in [0.2, 0.25) is 5.92 Å². The molecule has 1 aliphatic rings. The van der Waals surface area contributed by atoms with Crippen molar-refractivity contribution < 1.29 is 8.78 Å². The van der Waals surface area contributed by atoms with Gasteiger partial charge in [-0.15, -0.1) is 0 Å². The van der Waals surface area contributed by atoms with E-state index in [0.717, 1.165) is 12.8 Å². The van der Waals surface area contributed by atoms with Crippen LogP contribution in [0.3, 0.4) is 0 Å². The quantitative estimate of drug-likeness (QED) is 0.703. The molecule has 1 aliphatic carbocycles. The molecule has 2 N–H and O–H groups in total. The summed E-state index contributed by atoms with van der Waals surface area (Å²) in [6.45, 7) is 4.41. The van der Waals surface area contributed by atoms with Crippen molar-refractivity contribution in [3.63, 3.8) is 0 Å². The van der Waals surface area contributed by atoms with Crippen LogP contribution in [0.1, 0.15) is 71.6 Å². The summed E-state index contributed by atoms with van der Waals surface area (Å²) >= 11 is 0. The molecule has 1 fully saturated rings. The predicted molar refractivity (Wildman–Crippen MR) is 72.8 cm³/mol. The highest BCUT2D eigenvalue weighted by Crippen LogP contribution is 2.38. The minimum atomic E-state index is -2.43. The first-order chi connectivity index (χ1) is 8.48. The molecule has 0 spiro atoms.